The third-order valence-corrected chi connectivity index (χ3v) is 4.42. The maximum Gasteiger partial charge on any atom is 0.329 e. The number of phenolic OH excluding ortho intramolecular Hbond substituents is 1. The van der Waals surface area contributed by atoms with Gasteiger partial charge in [0.2, 0.25) is 5.91 Å². The predicted octanol–water partition coefficient (Wildman–Crippen LogP) is 1.69. The minimum absolute atomic E-state index is 0.119. The first kappa shape index (κ1) is 17.0. The summed E-state index contributed by atoms with van der Waals surface area (Å²) in [4.78, 5) is 39.6. The lowest BCUT2D eigenvalue weighted by atomic mass is 10.2. The van der Waals surface area contributed by atoms with E-state index in [9.17, 15) is 19.5 Å². The first-order chi connectivity index (χ1) is 12.0. The van der Waals surface area contributed by atoms with Crippen LogP contribution in [0.25, 0.3) is 6.08 Å². The van der Waals surface area contributed by atoms with Crippen molar-refractivity contribution in [3.8, 4) is 5.75 Å². The van der Waals surface area contributed by atoms with Crippen LogP contribution in [0.4, 0.5) is 4.79 Å². The Bertz CT molecular complexity index is 704. The molecule has 0 unspecified atom stereocenters. The Morgan fingerprint density at radius 1 is 1.08 bits per heavy atom. The predicted molar refractivity (Wildman–Crippen MR) is 91.4 cm³/mol. The number of nitrogens with one attached hydrogen (secondary N) is 1. The summed E-state index contributed by atoms with van der Waals surface area (Å²) in [6.45, 7) is 1.12. The molecule has 2 saturated heterocycles. The number of carbonyl (C=O) groups excluding carboxylic acids is 3. The summed E-state index contributed by atoms with van der Waals surface area (Å²) in [6, 6.07) is 5.67. The van der Waals surface area contributed by atoms with Gasteiger partial charge in [-0.1, -0.05) is 25.0 Å². The number of benzene rings is 1. The number of amides is 4. The van der Waals surface area contributed by atoms with Gasteiger partial charge >= 0.3 is 6.03 Å². The van der Waals surface area contributed by atoms with E-state index in [-0.39, 0.29) is 23.9 Å². The van der Waals surface area contributed by atoms with Gasteiger partial charge in [0, 0.05) is 13.1 Å². The summed E-state index contributed by atoms with van der Waals surface area (Å²) in [5.74, 6) is -0.592. The summed E-state index contributed by atoms with van der Waals surface area (Å²) in [6.07, 6.45) is 5.64. The average Bonchev–Trinajstić information content (AvgIpc) is 2.80. The van der Waals surface area contributed by atoms with E-state index < -0.39 is 11.9 Å². The Labute approximate surface area is 145 Å². The van der Waals surface area contributed by atoms with Gasteiger partial charge in [-0.3, -0.25) is 9.59 Å². The van der Waals surface area contributed by atoms with Gasteiger partial charge in [0.1, 0.15) is 18.0 Å². The normalized spacial score (nSPS) is 19.9. The molecule has 2 heterocycles. The maximum atomic E-state index is 12.4. The van der Waals surface area contributed by atoms with E-state index in [0.29, 0.717) is 18.7 Å². The van der Waals surface area contributed by atoms with E-state index in [4.69, 9.17) is 0 Å². The lowest BCUT2D eigenvalue weighted by Gasteiger charge is -2.22. The third kappa shape index (κ3) is 3.99. The van der Waals surface area contributed by atoms with Crippen LogP contribution in [-0.2, 0) is 9.59 Å². The summed E-state index contributed by atoms with van der Waals surface area (Å²) in [5, 5.41) is 11.8. The van der Waals surface area contributed by atoms with E-state index in [2.05, 4.69) is 5.32 Å². The van der Waals surface area contributed by atoms with Gasteiger partial charge in [-0.25, -0.2) is 9.69 Å². The van der Waals surface area contributed by atoms with E-state index in [1.807, 2.05) is 0 Å². The number of likely N-dealkylation sites (tertiary alicyclic amines) is 1. The number of urea groups is 1. The quantitative estimate of drug-likeness (QED) is 0.645. The van der Waals surface area contributed by atoms with E-state index in [1.54, 1.807) is 17.0 Å². The fourth-order valence-electron chi connectivity index (χ4n) is 3.01. The number of hydrogen-bond acceptors (Lipinski definition) is 4. The lowest BCUT2D eigenvalue weighted by molar-refractivity contribution is -0.135. The number of imide groups is 1. The Hall–Kier alpha value is -2.83. The Kier molecular flexibility index (Phi) is 5.02. The Morgan fingerprint density at radius 2 is 1.72 bits per heavy atom. The number of phenols is 1. The molecule has 0 bridgehead atoms. The zero-order valence-electron chi connectivity index (χ0n) is 13.9. The molecular formula is C18H21N3O4. The highest BCUT2D eigenvalue weighted by atomic mass is 16.3. The first-order valence-corrected chi connectivity index (χ1v) is 8.46. The van der Waals surface area contributed by atoms with Gasteiger partial charge in [0.25, 0.3) is 5.91 Å². The van der Waals surface area contributed by atoms with Crippen molar-refractivity contribution in [3.05, 3.63) is 35.5 Å². The van der Waals surface area contributed by atoms with Crippen LogP contribution in [-0.4, -0.2) is 52.4 Å². The van der Waals surface area contributed by atoms with Gasteiger partial charge in [-0.15, -0.1) is 0 Å². The first-order valence-electron chi connectivity index (χ1n) is 8.46. The summed E-state index contributed by atoms with van der Waals surface area (Å²) in [5.41, 5.74) is 0.793. The van der Waals surface area contributed by atoms with Crippen LogP contribution in [0.5, 0.6) is 5.75 Å². The van der Waals surface area contributed by atoms with E-state index >= 15 is 0 Å². The molecule has 2 aliphatic heterocycles. The molecule has 0 spiro atoms. The highest BCUT2D eigenvalue weighted by molar-refractivity contribution is 6.15. The van der Waals surface area contributed by atoms with Gasteiger partial charge in [0.05, 0.1) is 0 Å². The van der Waals surface area contributed by atoms with Crippen LogP contribution in [0.1, 0.15) is 31.2 Å². The molecule has 0 aromatic heterocycles. The van der Waals surface area contributed by atoms with Gasteiger partial charge in [0.15, 0.2) is 0 Å². The average molecular weight is 343 g/mol. The molecule has 2 N–H and O–H groups in total. The molecular weight excluding hydrogens is 322 g/mol. The molecule has 3 rings (SSSR count). The molecule has 0 aliphatic carbocycles. The molecule has 4 amide bonds. The van der Waals surface area contributed by atoms with Crippen LogP contribution >= 0.6 is 0 Å². The molecule has 2 fully saturated rings. The van der Waals surface area contributed by atoms with Gasteiger partial charge < -0.3 is 15.3 Å². The zero-order valence-corrected chi connectivity index (χ0v) is 13.9. The van der Waals surface area contributed by atoms with E-state index in [1.165, 1.54) is 18.2 Å². The minimum Gasteiger partial charge on any atom is -0.508 e. The SMILES string of the molecule is O=C(CN1C(=O)N/C(=C\c2ccc(O)cc2)C1=O)N1CCCCCC1. The largest absolute Gasteiger partial charge is 0.508 e. The summed E-state index contributed by atoms with van der Waals surface area (Å²) >= 11 is 0. The van der Waals surface area contributed by atoms with Crippen LogP contribution in [0.15, 0.2) is 30.0 Å². The molecule has 0 saturated carbocycles. The van der Waals surface area contributed by atoms with Crippen molar-refractivity contribution in [2.24, 2.45) is 0 Å². The van der Waals surface area contributed by atoms with Crippen molar-refractivity contribution in [1.82, 2.24) is 15.1 Å². The second kappa shape index (κ2) is 7.38. The van der Waals surface area contributed by atoms with Crippen LogP contribution in [0.2, 0.25) is 0 Å². The Balaban J connectivity index is 1.68. The van der Waals surface area contributed by atoms with Crippen molar-refractivity contribution in [2.75, 3.05) is 19.6 Å². The molecule has 25 heavy (non-hydrogen) atoms. The molecule has 132 valence electrons. The molecule has 1 aromatic carbocycles. The molecule has 0 atom stereocenters. The topological polar surface area (TPSA) is 90.0 Å². The fraction of sp³-hybridized carbons (Fsp3) is 0.389. The molecule has 2 aliphatic rings. The fourth-order valence-corrected chi connectivity index (χ4v) is 3.01. The third-order valence-electron chi connectivity index (χ3n) is 4.42. The second-order valence-electron chi connectivity index (χ2n) is 6.27. The summed E-state index contributed by atoms with van der Waals surface area (Å²) < 4.78 is 0. The zero-order chi connectivity index (χ0) is 17.8. The van der Waals surface area contributed by atoms with E-state index in [0.717, 1.165) is 30.6 Å². The van der Waals surface area contributed by atoms with Crippen LogP contribution in [0.3, 0.4) is 0 Å². The van der Waals surface area contributed by atoms with Crippen molar-refractivity contribution in [1.29, 1.82) is 0 Å². The van der Waals surface area contributed by atoms with Crippen molar-refractivity contribution < 1.29 is 19.5 Å². The van der Waals surface area contributed by atoms with Crippen LogP contribution in [0, 0.1) is 0 Å². The molecule has 0 radical (unpaired) electrons. The number of hydrogen-bond donors (Lipinski definition) is 2. The molecule has 7 nitrogen and oxygen atoms in total. The van der Waals surface area contributed by atoms with Crippen molar-refractivity contribution in [3.63, 3.8) is 0 Å². The monoisotopic (exact) mass is 343 g/mol. The second-order valence-corrected chi connectivity index (χ2v) is 6.27. The lowest BCUT2D eigenvalue weighted by Crippen LogP contribution is -2.43. The van der Waals surface area contributed by atoms with Crippen molar-refractivity contribution in [2.45, 2.75) is 25.7 Å². The smallest absolute Gasteiger partial charge is 0.329 e. The maximum absolute atomic E-state index is 12.4. The minimum atomic E-state index is -0.585. The Morgan fingerprint density at radius 3 is 2.36 bits per heavy atom. The van der Waals surface area contributed by atoms with Gasteiger partial charge in [-0.05, 0) is 36.6 Å². The van der Waals surface area contributed by atoms with Crippen LogP contribution < -0.4 is 5.32 Å². The highest BCUT2D eigenvalue weighted by Crippen LogP contribution is 2.17. The summed E-state index contributed by atoms with van der Waals surface area (Å²) in [7, 11) is 0. The highest BCUT2D eigenvalue weighted by Gasteiger charge is 2.35. The number of carbonyl (C=O) groups is 3. The van der Waals surface area contributed by atoms with Gasteiger partial charge in [-0.2, -0.15) is 0 Å². The van der Waals surface area contributed by atoms with Crippen molar-refractivity contribution >= 4 is 23.9 Å². The standard InChI is InChI=1S/C18H21N3O4/c22-14-7-5-13(6-8-14)11-15-17(24)21(18(25)19-15)12-16(23)20-9-3-1-2-4-10-20/h5-8,11,22H,1-4,9-10,12H2,(H,19,25)/b15-11-. The molecule has 7 heteroatoms. The number of nitrogens with zero attached hydrogens (tertiary/aromatic N) is 2. The number of aromatic hydroxyl groups is 1. The number of rotatable bonds is 3. The molecule has 1 aromatic rings.